The van der Waals surface area contributed by atoms with E-state index in [2.05, 4.69) is 5.32 Å². The Bertz CT molecular complexity index is 842. The summed E-state index contributed by atoms with van der Waals surface area (Å²) < 4.78 is 5.25. The third kappa shape index (κ3) is 3.65. The lowest BCUT2D eigenvalue weighted by molar-refractivity contribution is -0.132. The Morgan fingerprint density at radius 1 is 1.14 bits per heavy atom. The number of nitrogens with zero attached hydrogens (tertiary/aromatic N) is 3. The molecular formula is C18H23N5O6. The third-order valence-electron chi connectivity index (χ3n) is 5.69. The number of carbonyl (C=O) groups is 4. The van der Waals surface area contributed by atoms with Gasteiger partial charge in [-0.15, -0.1) is 0 Å². The minimum absolute atomic E-state index is 0.0552. The molecule has 11 heteroatoms. The number of urea groups is 1. The Morgan fingerprint density at radius 3 is 2.48 bits per heavy atom. The summed E-state index contributed by atoms with van der Waals surface area (Å²) in [5.41, 5.74) is 5.15. The molecule has 0 spiro atoms. The minimum Gasteiger partial charge on any atom is -0.453 e. The molecule has 29 heavy (non-hydrogen) atoms. The SMILES string of the molecule is NC(=O)N1CC(C(=O)NC2CC(=O)N(C3CN(C(=O)c4ccc(CO)o4)C3)C2)C1. The van der Waals surface area contributed by atoms with Gasteiger partial charge in [-0.2, -0.15) is 0 Å². The van der Waals surface area contributed by atoms with Gasteiger partial charge in [-0.3, -0.25) is 14.4 Å². The van der Waals surface area contributed by atoms with E-state index >= 15 is 0 Å². The van der Waals surface area contributed by atoms with E-state index in [-0.39, 0.29) is 54.5 Å². The molecule has 0 aromatic carbocycles. The van der Waals surface area contributed by atoms with E-state index in [9.17, 15) is 19.2 Å². The van der Waals surface area contributed by atoms with Crippen molar-refractivity contribution >= 4 is 23.8 Å². The van der Waals surface area contributed by atoms with Crippen molar-refractivity contribution in [2.45, 2.75) is 25.1 Å². The molecule has 3 fully saturated rings. The number of carbonyl (C=O) groups excluding carboxylic acids is 4. The van der Waals surface area contributed by atoms with E-state index in [4.69, 9.17) is 15.3 Å². The van der Waals surface area contributed by atoms with Crippen LogP contribution in [0, 0.1) is 5.92 Å². The van der Waals surface area contributed by atoms with Crippen LogP contribution in [-0.4, -0.2) is 88.4 Å². The fraction of sp³-hybridized carbons (Fsp3) is 0.556. The Hall–Kier alpha value is -3.08. The van der Waals surface area contributed by atoms with Crippen LogP contribution < -0.4 is 11.1 Å². The number of rotatable bonds is 5. The highest BCUT2D eigenvalue weighted by molar-refractivity contribution is 5.92. The number of furan rings is 1. The molecule has 3 saturated heterocycles. The van der Waals surface area contributed by atoms with Crippen molar-refractivity contribution in [1.29, 1.82) is 0 Å². The second-order valence-electron chi connectivity index (χ2n) is 7.68. The highest BCUT2D eigenvalue weighted by Crippen LogP contribution is 2.24. The summed E-state index contributed by atoms with van der Waals surface area (Å²) in [6, 6.07) is 2.16. The number of hydrogen-bond donors (Lipinski definition) is 3. The van der Waals surface area contributed by atoms with Crippen LogP contribution in [0.2, 0.25) is 0 Å². The van der Waals surface area contributed by atoms with E-state index in [0.29, 0.717) is 38.5 Å². The van der Waals surface area contributed by atoms with Gasteiger partial charge in [0.15, 0.2) is 5.76 Å². The first-order valence-electron chi connectivity index (χ1n) is 9.48. The summed E-state index contributed by atoms with van der Waals surface area (Å²) >= 11 is 0. The maximum absolute atomic E-state index is 12.4. The first kappa shape index (κ1) is 19.2. The summed E-state index contributed by atoms with van der Waals surface area (Å²) in [6.07, 6.45) is 0.223. The molecular weight excluding hydrogens is 382 g/mol. The first-order valence-corrected chi connectivity index (χ1v) is 9.48. The molecule has 1 atom stereocenters. The summed E-state index contributed by atoms with van der Waals surface area (Å²) in [4.78, 5) is 52.6. The van der Waals surface area contributed by atoms with Gasteiger partial charge in [0.25, 0.3) is 5.91 Å². The molecule has 0 saturated carbocycles. The maximum atomic E-state index is 12.4. The Kier molecular flexibility index (Phi) is 4.91. The molecule has 156 valence electrons. The topological polar surface area (TPSA) is 149 Å². The van der Waals surface area contributed by atoms with Crippen molar-refractivity contribution in [2.24, 2.45) is 11.7 Å². The number of nitrogens with two attached hydrogens (primary N) is 1. The number of aliphatic hydroxyl groups is 1. The number of likely N-dealkylation sites (tertiary alicyclic amines) is 3. The van der Waals surface area contributed by atoms with Crippen LogP contribution in [0.5, 0.6) is 0 Å². The number of nitrogens with one attached hydrogen (secondary N) is 1. The van der Waals surface area contributed by atoms with Crippen LogP contribution in [0.15, 0.2) is 16.5 Å². The Labute approximate surface area is 166 Å². The zero-order valence-electron chi connectivity index (χ0n) is 15.7. The maximum Gasteiger partial charge on any atom is 0.314 e. The fourth-order valence-electron chi connectivity index (χ4n) is 3.88. The average Bonchev–Trinajstić information content (AvgIpc) is 3.19. The van der Waals surface area contributed by atoms with E-state index < -0.39 is 6.03 Å². The summed E-state index contributed by atoms with van der Waals surface area (Å²) in [5, 5.41) is 11.9. The third-order valence-corrected chi connectivity index (χ3v) is 5.69. The van der Waals surface area contributed by atoms with Gasteiger partial charge in [0.2, 0.25) is 11.8 Å². The van der Waals surface area contributed by atoms with Gasteiger partial charge in [0.1, 0.15) is 12.4 Å². The monoisotopic (exact) mass is 405 g/mol. The normalized spacial score (nSPS) is 22.4. The van der Waals surface area contributed by atoms with E-state index in [1.54, 1.807) is 15.9 Å². The molecule has 0 radical (unpaired) electrons. The van der Waals surface area contributed by atoms with Gasteiger partial charge < -0.3 is 35.3 Å². The Balaban J connectivity index is 1.24. The van der Waals surface area contributed by atoms with Crippen molar-refractivity contribution in [1.82, 2.24) is 20.0 Å². The lowest BCUT2D eigenvalue weighted by Crippen LogP contribution is -2.62. The zero-order chi connectivity index (χ0) is 20.7. The number of primary amides is 1. The summed E-state index contributed by atoms with van der Waals surface area (Å²) in [7, 11) is 0. The fourth-order valence-corrected chi connectivity index (χ4v) is 3.88. The zero-order valence-corrected chi connectivity index (χ0v) is 15.7. The predicted molar refractivity (Wildman–Crippen MR) is 97.2 cm³/mol. The largest absolute Gasteiger partial charge is 0.453 e. The van der Waals surface area contributed by atoms with Crippen LogP contribution >= 0.6 is 0 Å². The van der Waals surface area contributed by atoms with Crippen molar-refractivity contribution < 1.29 is 28.7 Å². The highest BCUT2D eigenvalue weighted by atomic mass is 16.4. The van der Waals surface area contributed by atoms with Gasteiger partial charge in [-0.05, 0) is 12.1 Å². The van der Waals surface area contributed by atoms with Crippen LogP contribution in [0.4, 0.5) is 4.79 Å². The van der Waals surface area contributed by atoms with Crippen molar-refractivity contribution in [3.8, 4) is 0 Å². The molecule has 4 heterocycles. The van der Waals surface area contributed by atoms with Crippen LogP contribution in [-0.2, 0) is 16.2 Å². The highest BCUT2D eigenvalue weighted by Gasteiger charge is 2.43. The standard InChI is InChI=1S/C18H23N5O6/c19-18(28)22-4-10(5-22)16(26)20-11-3-15(25)23(6-11)12-7-21(8-12)17(27)14-2-1-13(9-24)29-14/h1-2,10-12,24H,3-9H2,(H2,19,28)(H,20,26). The number of hydrogen-bond acceptors (Lipinski definition) is 6. The molecule has 0 bridgehead atoms. The van der Waals surface area contributed by atoms with Gasteiger partial charge in [-0.1, -0.05) is 0 Å². The molecule has 1 aromatic heterocycles. The van der Waals surface area contributed by atoms with E-state index in [1.807, 2.05) is 0 Å². The second kappa shape index (κ2) is 7.39. The molecule has 0 aliphatic carbocycles. The molecule has 3 aliphatic heterocycles. The van der Waals surface area contributed by atoms with Crippen LogP contribution in [0.1, 0.15) is 22.7 Å². The molecule has 11 nitrogen and oxygen atoms in total. The smallest absolute Gasteiger partial charge is 0.314 e. The summed E-state index contributed by atoms with van der Waals surface area (Å²) in [5.74, 6) is -0.313. The van der Waals surface area contributed by atoms with Gasteiger partial charge in [-0.25, -0.2) is 4.79 Å². The van der Waals surface area contributed by atoms with Crippen LogP contribution in [0.3, 0.4) is 0 Å². The molecule has 3 aliphatic rings. The first-order chi connectivity index (χ1) is 13.9. The molecule has 4 N–H and O–H groups in total. The molecule has 1 unspecified atom stereocenters. The van der Waals surface area contributed by atoms with Crippen molar-refractivity contribution in [3.63, 3.8) is 0 Å². The predicted octanol–water partition coefficient (Wildman–Crippen LogP) is -1.68. The summed E-state index contributed by atoms with van der Waals surface area (Å²) in [6.45, 7) is 1.53. The minimum atomic E-state index is -0.539. The second-order valence-corrected chi connectivity index (χ2v) is 7.68. The number of amides is 5. The van der Waals surface area contributed by atoms with E-state index in [1.165, 1.54) is 11.0 Å². The van der Waals surface area contributed by atoms with Gasteiger partial charge in [0.05, 0.1) is 18.0 Å². The Morgan fingerprint density at radius 2 is 1.86 bits per heavy atom. The quantitative estimate of drug-likeness (QED) is 0.533. The van der Waals surface area contributed by atoms with Crippen molar-refractivity contribution in [3.05, 3.63) is 23.7 Å². The molecule has 1 aromatic rings. The van der Waals surface area contributed by atoms with E-state index in [0.717, 1.165) is 0 Å². The lowest BCUT2D eigenvalue weighted by Gasteiger charge is -2.43. The molecule has 5 amide bonds. The number of aliphatic hydroxyl groups excluding tert-OH is 1. The molecule has 4 rings (SSSR count). The van der Waals surface area contributed by atoms with Gasteiger partial charge >= 0.3 is 6.03 Å². The average molecular weight is 405 g/mol. The van der Waals surface area contributed by atoms with Crippen LogP contribution in [0.25, 0.3) is 0 Å². The van der Waals surface area contributed by atoms with Gasteiger partial charge in [0, 0.05) is 39.1 Å². The lowest BCUT2D eigenvalue weighted by atomic mass is 9.99. The van der Waals surface area contributed by atoms with Crippen molar-refractivity contribution in [2.75, 3.05) is 32.7 Å².